The Hall–Kier alpha value is -6.41. The van der Waals surface area contributed by atoms with Crippen molar-refractivity contribution < 1.29 is 71.9 Å². The van der Waals surface area contributed by atoms with Gasteiger partial charge in [0.25, 0.3) is 0 Å². The number of hydrogen-bond acceptors (Lipinski definition) is 14. The second-order valence-electron chi connectivity index (χ2n) is 27.6. The highest BCUT2D eigenvalue weighted by Crippen LogP contribution is 2.40. The maximum Gasteiger partial charge on any atom is 0.410 e. The van der Waals surface area contributed by atoms with Crippen molar-refractivity contribution in [1.82, 2.24) is 29.4 Å². The molecule has 8 aliphatic rings. The van der Waals surface area contributed by atoms with Crippen molar-refractivity contribution in [2.45, 2.75) is 259 Å². The summed E-state index contributed by atoms with van der Waals surface area (Å²) >= 11 is 0. The summed E-state index contributed by atoms with van der Waals surface area (Å²) in [5, 5.41) is 9.41. The van der Waals surface area contributed by atoms with Gasteiger partial charge in [-0.25, -0.2) is 28.8 Å². The Labute approximate surface area is 499 Å². The van der Waals surface area contributed by atoms with E-state index in [0.717, 1.165) is 6.42 Å². The predicted molar refractivity (Wildman–Crippen MR) is 317 cm³/mol. The van der Waals surface area contributed by atoms with E-state index >= 15 is 0 Å². The third kappa shape index (κ3) is 16.7. The average Bonchev–Trinajstić information content (AvgIpc) is 2.72. The number of fused-ring (bicyclic) bond motifs is 4. The van der Waals surface area contributed by atoms with E-state index in [4.69, 9.17) is 23.7 Å². The van der Waals surface area contributed by atoms with Gasteiger partial charge in [0.15, 0.2) is 0 Å². The normalized spacial score (nSPS) is 28.9. The van der Waals surface area contributed by atoms with Crippen LogP contribution in [0.2, 0.25) is 0 Å². The van der Waals surface area contributed by atoms with Crippen molar-refractivity contribution in [2.75, 3.05) is 19.6 Å². The van der Waals surface area contributed by atoms with Gasteiger partial charge in [-0.2, -0.15) is 0 Å². The SMILES string of the molecule is C.C.C=C[C@H]1CCN(C(=O)OC(C)(C)C)[C@@H]1C(=O)N1[C@@H](C=C)CC[C@H]1C(=O)OC(C)(C)C.CC(C)(C)OC(=O)N1CC[C@@H]2C=C[C@H]3CC[C@@H](C(=O)O)N3C(=O)[C@H]21.CC(C)(C)OC(=O)[C@@H]1CC[C@@H]2C=C[C@H]3CCN(C(=O)OC(C)(C)C)[C@@H]3C(=O)N21. The van der Waals surface area contributed by atoms with Crippen LogP contribution in [0.5, 0.6) is 0 Å². The number of likely N-dealkylation sites (tertiary alicyclic amines) is 4. The maximum absolute atomic E-state index is 13.7. The molecule has 8 rings (SSSR count). The van der Waals surface area contributed by atoms with E-state index in [1.165, 1.54) is 19.6 Å². The largest absolute Gasteiger partial charge is 0.480 e. The molecule has 0 unspecified atom stereocenters. The lowest BCUT2D eigenvalue weighted by Crippen LogP contribution is -2.55. The van der Waals surface area contributed by atoms with Crippen molar-refractivity contribution in [3.63, 3.8) is 0 Å². The van der Waals surface area contributed by atoms with Crippen LogP contribution in [0.15, 0.2) is 49.6 Å². The van der Waals surface area contributed by atoms with Crippen LogP contribution >= 0.6 is 0 Å². The first-order chi connectivity index (χ1) is 37.8. The molecular formula is C63H100N6O15. The molecule has 472 valence electrons. The van der Waals surface area contributed by atoms with Crippen molar-refractivity contribution in [1.29, 1.82) is 0 Å². The van der Waals surface area contributed by atoms with Crippen LogP contribution in [0.25, 0.3) is 0 Å². The molecule has 21 nitrogen and oxygen atoms in total. The number of esters is 2. The lowest BCUT2D eigenvalue weighted by Gasteiger charge is -2.36. The number of amides is 6. The number of nitrogens with zero attached hydrogens (tertiary/aromatic N) is 6. The first-order valence-electron chi connectivity index (χ1n) is 29.1. The molecule has 1 N–H and O–H groups in total. The summed E-state index contributed by atoms with van der Waals surface area (Å²) in [7, 11) is 0. The Balaban J connectivity index is 0.000000269. The van der Waals surface area contributed by atoms with E-state index in [9.17, 15) is 48.3 Å². The number of hydrogen-bond donors (Lipinski definition) is 1. The summed E-state index contributed by atoms with van der Waals surface area (Å²) in [5.41, 5.74) is -3.21. The molecule has 8 heterocycles. The molecule has 6 saturated heterocycles. The number of rotatable bonds is 6. The fourth-order valence-corrected chi connectivity index (χ4v) is 12.1. The minimum atomic E-state index is -0.987. The number of carboxylic acid groups (broad SMARTS) is 1. The first kappa shape index (κ1) is 70.1. The zero-order chi connectivity index (χ0) is 61.4. The highest BCUT2D eigenvalue weighted by atomic mass is 16.6. The molecule has 0 aromatic rings. The fourth-order valence-electron chi connectivity index (χ4n) is 12.1. The molecule has 21 heteroatoms. The lowest BCUT2D eigenvalue weighted by molar-refractivity contribution is -0.165. The number of aliphatic carboxylic acids is 1. The van der Waals surface area contributed by atoms with Crippen molar-refractivity contribution >= 4 is 53.9 Å². The number of carboxylic acids is 1. The van der Waals surface area contributed by atoms with Crippen LogP contribution in [-0.4, -0.2) is 190 Å². The van der Waals surface area contributed by atoms with E-state index in [2.05, 4.69) is 13.2 Å². The van der Waals surface area contributed by atoms with Gasteiger partial charge in [-0.15, -0.1) is 13.2 Å². The third-order valence-electron chi connectivity index (χ3n) is 15.4. The van der Waals surface area contributed by atoms with E-state index < -0.39 is 94.5 Å². The molecule has 0 radical (unpaired) electrons. The van der Waals surface area contributed by atoms with Crippen molar-refractivity contribution in [3.8, 4) is 0 Å². The second-order valence-corrected chi connectivity index (χ2v) is 27.6. The molecule has 0 bridgehead atoms. The van der Waals surface area contributed by atoms with E-state index in [1.54, 1.807) is 84.3 Å². The monoisotopic (exact) mass is 1180 g/mol. The number of ether oxygens (including phenoxy) is 5. The maximum atomic E-state index is 13.7. The smallest absolute Gasteiger partial charge is 0.410 e. The van der Waals surface area contributed by atoms with Gasteiger partial charge in [-0.3, -0.25) is 29.1 Å². The van der Waals surface area contributed by atoms with Crippen LogP contribution < -0.4 is 0 Å². The minimum absolute atomic E-state index is 0. The summed E-state index contributed by atoms with van der Waals surface area (Å²) in [4.78, 5) is 124. The second kappa shape index (κ2) is 26.9. The van der Waals surface area contributed by atoms with Crippen LogP contribution in [0.1, 0.15) is 176 Å². The van der Waals surface area contributed by atoms with E-state index in [-0.39, 0.29) is 74.4 Å². The number of carbonyl (C=O) groups is 9. The average molecular weight is 1180 g/mol. The Morgan fingerprint density at radius 1 is 0.476 bits per heavy atom. The molecule has 12 atom stereocenters. The lowest BCUT2D eigenvalue weighted by atomic mass is 9.98. The van der Waals surface area contributed by atoms with Gasteiger partial charge in [-0.1, -0.05) is 51.3 Å². The molecular weight excluding hydrogens is 1080 g/mol. The molecule has 0 spiro atoms. The van der Waals surface area contributed by atoms with Crippen LogP contribution in [0.4, 0.5) is 14.4 Å². The Bertz CT molecular complexity index is 2410. The van der Waals surface area contributed by atoms with Gasteiger partial charge in [0, 0.05) is 37.4 Å². The van der Waals surface area contributed by atoms with Gasteiger partial charge in [0.1, 0.15) is 64.3 Å². The van der Waals surface area contributed by atoms with Gasteiger partial charge in [0.05, 0.1) is 18.1 Å². The number of carbonyl (C=O) groups excluding carboxylic acids is 8. The fraction of sp³-hybridized carbons (Fsp3) is 0.730. The topological polar surface area (TPSA) is 239 Å². The predicted octanol–water partition coefficient (Wildman–Crippen LogP) is 9.47. The Morgan fingerprint density at radius 3 is 1.24 bits per heavy atom. The van der Waals surface area contributed by atoms with Gasteiger partial charge in [0.2, 0.25) is 17.7 Å². The summed E-state index contributed by atoms with van der Waals surface area (Å²) < 4.78 is 27.6. The van der Waals surface area contributed by atoms with Crippen LogP contribution in [0, 0.1) is 17.8 Å². The van der Waals surface area contributed by atoms with E-state index in [0.29, 0.717) is 71.0 Å². The summed E-state index contributed by atoms with van der Waals surface area (Å²) in [6.07, 6.45) is 15.3. The highest BCUT2D eigenvalue weighted by molar-refractivity contribution is 5.94. The molecule has 6 amide bonds. The molecule has 0 aromatic carbocycles. The molecule has 0 aromatic heterocycles. The minimum Gasteiger partial charge on any atom is -0.480 e. The summed E-state index contributed by atoms with van der Waals surface area (Å²) in [6.45, 7) is 36.0. The highest BCUT2D eigenvalue weighted by Gasteiger charge is 2.54. The quantitative estimate of drug-likeness (QED) is 0.148. The third-order valence-corrected chi connectivity index (χ3v) is 15.4. The standard InChI is InChI=1S/C23H36N2O5.C21H32N2O5.C17H24N2O5.2CH4/c1-9-15-13-14-24(21(28)30-23(6,7)8)18(15)19(26)25-16(10-2)11-12-17(25)20(27)29-22(3,4)5;1-20(2,3)27-18(25)15-10-9-14-8-7-13-11-12-22(16(13)17(24)23(14)15)19(26)28-21(4,5)6;1-17(2,3)24-16(23)18-9-8-10-4-5-11-6-7-12(15(21)22)19(11)14(20)13(10)18;;/h9-10,15-18H,1-2,11-14H2,3-8H3;7-8,13-16H,9-12H2,1-6H3;4-5,10-13H,6-9H2,1-3H3,(H,21,22);2*1H4/t15-,16-,17-,18-;13-,14-,15-,16-;10-,11-,12-,13-;;/m000../s1. The first-order valence-corrected chi connectivity index (χ1v) is 29.1. The van der Waals surface area contributed by atoms with Crippen molar-refractivity contribution in [3.05, 3.63) is 49.6 Å². The van der Waals surface area contributed by atoms with Gasteiger partial charge < -0.3 is 43.5 Å². The van der Waals surface area contributed by atoms with E-state index in [1.807, 2.05) is 65.8 Å². The zero-order valence-electron chi connectivity index (χ0n) is 51.1. The zero-order valence-corrected chi connectivity index (χ0v) is 51.1. The molecule has 0 saturated carbocycles. The molecule has 8 aliphatic heterocycles. The van der Waals surface area contributed by atoms with Crippen molar-refractivity contribution in [2.24, 2.45) is 17.8 Å². The van der Waals surface area contributed by atoms with Gasteiger partial charge >= 0.3 is 36.2 Å². The Morgan fingerprint density at radius 2 is 0.845 bits per heavy atom. The Kier molecular flexibility index (Phi) is 22.4. The van der Waals surface area contributed by atoms with Crippen LogP contribution in [-0.2, 0) is 52.5 Å². The molecule has 6 fully saturated rings. The van der Waals surface area contributed by atoms with Crippen LogP contribution in [0.3, 0.4) is 0 Å². The molecule has 84 heavy (non-hydrogen) atoms. The molecule has 0 aliphatic carbocycles. The summed E-state index contributed by atoms with van der Waals surface area (Å²) in [6, 6.07) is -4.79. The van der Waals surface area contributed by atoms with Gasteiger partial charge in [-0.05, 0) is 162 Å². The summed E-state index contributed by atoms with van der Waals surface area (Å²) in [5.74, 6) is -2.89.